The fourth-order valence-electron chi connectivity index (χ4n) is 3.18. The van der Waals surface area contributed by atoms with Gasteiger partial charge in [-0.05, 0) is 25.0 Å². The molecule has 4 rings (SSSR count). The van der Waals surface area contributed by atoms with Gasteiger partial charge in [0.1, 0.15) is 17.9 Å². The number of rotatable bonds is 8. The number of hydrogen-bond donors (Lipinski definition) is 1. The summed E-state index contributed by atoms with van der Waals surface area (Å²) in [5.41, 5.74) is 6.08. The Morgan fingerprint density at radius 1 is 1.32 bits per heavy atom. The van der Waals surface area contributed by atoms with Gasteiger partial charge in [0.2, 0.25) is 5.91 Å². The lowest BCUT2D eigenvalue weighted by Gasteiger charge is -2.15. The van der Waals surface area contributed by atoms with E-state index in [1.54, 1.807) is 6.20 Å². The number of pyridine rings is 1. The zero-order valence-electron chi connectivity index (χ0n) is 15.3. The molecule has 1 aliphatic rings. The lowest BCUT2D eigenvalue weighted by molar-refractivity contribution is -0.115. The Morgan fingerprint density at radius 2 is 2.21 bits per heavy atom. The van der Waals surface area contributed by atoms with Crippen molar-refractivity contribution in [1.82, 2.24) is 19.7 Å². The minimum Gasteiger partial charge on any atom is -0.483 e. The van der Waals surface area contributed by atoms with Gasteiger partial charge < -0.3 is 19.8 Å². The fraction of sp³-hybridized carbons (Fsp3) is 0.368. The van der Waals surface area contributed by atoms with Gasteiger partial charge in [-0.25, -0.2) is 0 Å². The molecule has 1 unspecified atom stereocenters. The predicted molar refractivity (Wildman–Crippen MR) is 105 cm³/mol. The van der Waals surface area contributed by atoms with Crippen LogP contribution < -0.4 is 10.5 Å². The summed E-state index contributed by atoms with van der Waals surface area (Å²) in [5, 5.41) is 10.1. The number of benzene rings is 1. The molecule has 1 aliphatic heterocycles. The minimum atomic E-state index is -0.392. The normalized spacial score (nSPS) is 16.5. The van der Waals surface area contributed by atoms with Crippen molar-refractivity contribution in [3.05, 3.63) is 42.4 Å². The summed E-state index contributed by atoms with van der Waals surface area (Å²) in [6.07, 6.45) is 3.89. The Balaban J connectivity index is 1.54. The maximum Gasteiger partial charge on any atom is 0.227 e. The fourth-order valence-corrected chi connectivity index (χ4v) is 3.88. The molecule has 2 N–H and O–H groups in total. The smallest absolute Gasteiger partial charge is 0.227 e. The molecule has 0 aliphatic carbocycles. The first-order valence-electron chi connectivity index (χ1n) is 9.12. The minimum absolute atomic E-state index is 0.113. The summed E-state index contributed by atoms with van der Waals surface area (Å²) in [4.78, 5) is 15.6. The first-order chi connectivity index (χ1) is 13.7. The van der Waals surface area contributed by atoms with Gasteiger partial charge in [-0.15, -0.1) is 10.2 Å². The zero-order valence-corrected chi connectivity index (χ0v) is 16.1. The summed E-state index contributed by atoms with van der Waals surface area (Å²) < 4.78 is 13.7. The molecular weight excluding hydrogens is 378 g/mol. The molecule has 28 heavy (non-hydrogen) atoms. The third-order valence-electron chi connectivity index (χ3n) is 4.50. The van der Waals surface area contributed by atoms with Crippen molar-refractivity contribution in [3.63, 3.8) is 0 Å². The molecule has 1 fully saturated rings. The van der Waals surface area contributed by atoms with E-state index in [0.717, 1.165) is 30.4 Å². The molecule has 2 aromatic heterocycles. The monoisotopic (exact) mass is 399 g/mol. The molecule has 1 aromatic carbocycles. The summed E-state index contributed by atoms with van der Waals surface area (Å²) in [6, 6.07) is 9.71. The van der Waals surface area contributed by atoms with E-state index in [2.05, 4.69) is 15.2 Å². The van der Waals surface area contributed by atoms with E-state index in [4.69, 9.17) is 15.2 Å². The third kappa shape index (κ3) is 4.26. The van der Waals surface area contributed by atoms with Crippen molar-refractivity contribution in [1.29, 1.82) is 0 Å². The van der Waals surface area contributed by atoms with Gasteiger partial charge in [0.15, 0.2) is 11.0 Å². The number of fused-ring (bicyclic) bond motifs is 1. The van der Waals surface area contributed by atoms with Crippen LogP contribution in [0.1, 0.15) is 18.7 Å². The molecule has 0 bridgehead atoms. The van der Waals surface area contributed by atoms with Crippen LogP contribution in [0.4, 0.5) is 0 Å². The van der Waals surface area contributed by atoms with Gasteiger partial charge >= 0.3 is 0 Å². The number of carbonyl (C=O) groups excluding carboxylic acids is 1. The second kappa shape index (κ2) is 8.57. The van der Waals surface area contributed by atoms with E-state index >= 15 is 0 Å². The van der Waals surface area contributed by atoms with Crippen LogP contribution in [0, 0.1) is 0 Å². The third-order valence-corrected chi connectivity index (χ3v) is 5.49. The van der Waals surface area contributed by atoms with Crippen LogP contribution in [-0.2, 0) is 22.7 Å². The molecule has 3 aromatic rings. The van der Waals surface area contributed by atoms with Gasteiger partial charge in [-0.1, -0.05) is 30.0 Å². The largest absolute Gasteiger partial charge is 0.483 e. The second-order valence-corrected chi connectivity index (χ2v) is 7.46. The molecule has 146 valence electrons. The Hall–Kier alpha value is -2.65. The molecule has 1 atom stereocenters. The molecule has 0 spiro atoms. The number of primary amides is 1. The van der Waals surface area contributed by atoms with Crippen LogP contribution in [0.5, 0.6) is 5.75 Å². The van der Waals surface area contributed by atoms with Crippen molar-refractivity contribution in [2.24, 2.45) is 5.73 Å². The molecule has 8 nitrogen and oxygen atoms in total. The highest BCUT2D eigenvalue weighted by molar-refractivity contribution is 7.99. The lowest BCUT2D eigenvalue weighted by Crippen LogP contribution is -2.19. The quantitative estimate of drug-likeness (QED) is 0.579. The average Bonchev–Trinajstić information content (AvgIpc) is 3.35. The zero-order chi connectivity index (χ0) is 19.3. The number of nitrogens with two attached hydrogens (primary N) is 1. The van der Waals surface area contributed by atoms with Gasteiger partial charge in [0, 0.05) is 18.2 Å². The van der Waals surface area contributed by atoms with Gasteiger partial charge in [0.25, 0.3) is 0 Å². The average molecular weight is 399 g/mol. The highest BCUT2D eigenvalue weighted by atomic mass is 32.2. The Kier molecular flexibility index (Phi) is 5.73. The number of ether oxygens (including phenoxy) is 2. The number of aromatic nitrogens is 4. The Labute approximate surface area is 166 Å². The van der Waals surface area contributed by atoms with Crippen LogP contribution in [0.3, 0.4) is 0 Å². The molecule has 3 heterocycles. The van der Waals surface area contributed by atoms with Crippen molar-refractivity contribution in [2.45, 2.75) is 37.3 Å². The van der Waals surface area contributed by atoms with Crippen LogP contribution in [0.15, 0.2) is 41.7 Å². The number of nitrogens with zero attached hydrogens (tertiary/aromatic N) is 4. The van der Waals surface area contributed by atoms with E-state index in [1.807, 2.05) is 34.9 Å². The summed E-state index contributed by atoms with van der Waals surface area (Å²) >= 11 is 1.27. The van der Waals surface area contributed by atoms with Crippen molar-refractivity contribution in [2.75, 3.05) is 12.4 Å². The first-order valence-corrected chi connectivity index (χ1v) is 10.1. The van der Waals surface area contributed by atoms with Crippen molar-refractivity contribution < 1.29 is 14.3 Å². The number of para-hydroxylation sites is 1. The maximum atomic E-state index is 11.2. The molecule has 1 amide bonds. The van der Waals surface area contributed by atoms with E-state index in [9.17, 15) is 4.79 Å². The standard InChI is InChI=1S/C19H21N5O3S/c20-16(25)12-28-19-23-22-17(24(19)10-14-6-3-9-26-14)11-27-15-7-1-4-13-5-2-8-21-18(13)15/h1-2,4-5,7-8,14H,3,6,9-12H2,(H2,20,25). The highest BCUT2D eigenvalue weighted by Gasteiger charge is 2.21. The van der Waals surface area contributed by atoms with E-state index in [0.29, 0.717) is 23.3 Å². The topological polar surface area (TPSA) is 105 Å². The lowest BCUT2D eigenvalue weighted by atomic mass is 10.2. The van der Waals surface area contributed by atoms with Crippen molar-refractivity contribution in [3.8, 4) is 5.75 Å². The summed E-state index contributed by atoms with van der Waals surface area (Å²) in [5.74, 6) is 1.13. The van der Waals surface area contributed by atoms with Crippen LogP contribution in [0.25, 0.3) is 10.9 Å². The number of carbonyl (C=O) groups is 1. The van der Waals surface area contributed by atoms with E-state index < -0.39 is 5.91 Å². The molecule has 1 saturated heterocycles. The molecular formula is C19H21N5O3S. The second-order valence-electron chi connectivity index (χ2n) is 6.52. The van der Waals surface area contributed by atoms with Gasteiger partial charge in [-0.3, -0.25) is 9.78 Å². The van der Waals surface area contributed by atoms with Crippen LogP contribution in [0.2, 0.25) is 0 Å². The van der Waals surface area contributed by atoms with Gasteiger partial charge in [0.05, 0.1) is 18.4 Å². The SMILES string of the molecule is NC(=O)CSc1nnc(COc2cccc3cccnc23)n1CC1CCCO1. The van der Waals surface area contributed by atoms with Crippen LogP contribution >= 0.6 is 11.8 Å². The summed E-state index contributed by atoms with van der Waals surface area (Å²) in [7, 11) is 0. The Morgan fingerprint density at radius 3 is 3.04 bits per heavy atom. The van der Waals surface area contributed by atoms with Crippen LogP contribution in [-0.4, -0.2) is 44.1 Å². The molecule has 0 saturated carbocycles. The first kappa shape index (κ1) is 18.7. The predicted octanol–water partition coefficient (Wildman–Crippen LogP) is 2.16. The Bertz CT molecular complexity index is 966. The molecule has 0 radical (unpaired) electrons. The number of hydrogen-bond acceptors (Lipinski definition) is 7. The number of amides is 1. The van der Waals surface area contributed by atoms with Crippen molar-refractivity contribution >= 4 is 28.6 Å². The number of thioether (sulfide) groups is 1. The summed E-state index contributed by atoms with van der Waals surface area (Å²) in [6.45, 7) is 1.64. The van der Waals surface area contributed by atoms with E-state index in [-0.39, 0.29) is 18.5 Å². The maximum absolute atomic E-state index is 11.2. The highest BCUT2D eigenvalue weighted by Crippen LogP contribution is 2.25. The van der Waals surface area contributed by atoms with E-state index in [1.165, 1.54) is 11.8 Å². The molecule has 9 heteroatoms. The van der Waals surface area contributed by atoms with Gasteiger partial charge in [-0.2, -0.15) is 0 Å².